The first-order chi connectivity index (χ1) is 0. The molecule has 0 aliphatic rings. The topological polar surface area (TPSA) is 57.0 Å². The molecule has 0 saturated heterocycles. The Morgan fingerprint density at radius 1 is 0.750 bits per heavy atom. The molecule has 0 aromatic carbocycles. The van der Waals surface area contributed by atoms with Gasteiger partial charge >= 0.3 is 17.6 Å². The molecule has 0 heterocycles. The van der Waals surface area contributed by atoms with Crippen LogP contribution in [0, 0.1) is 0 Å². The van der Waals surface area contributed by atoms with Crippen molar-refractivity contribution in [3.8, 4) is 0 Å². The molecule has 0 aliphatic carbocycles. The first kappa shape index (κ1) is 56.3. The summed E-state index contributed by atoms with van der Waals surface area (Å²) in [4.78, 5) is 0. The van der Waals surface area contributed by atoms with Crippen molar-refractivity contribution in [2.24, 2.45) is 0 Å². The third-order valence-corrected chi connectivity index (χ3v) is 0. The minimum absolute atomic E-state index is 0. The Morgan fingerprint density at radius 3 is 0.750 bits per heavy atom. The second kappa shape index (κ2) is 27.1. The van der Waals surface area contributed by atoms with Crippen LogP contribution in [0.3, 0.4) is 0 Å². The van der Waals surface area contributed by atoms with E-state index < -0.39 is 0 Å². The zero-order valence-corrected chi connectivity index (χ0v) is 7.51. The molecule has 0 radical (unpaired) electrons. The maximum Gasteiger partial charge on any atom is 4.00 e. The van der Waals surface area contributed by atoms with Crippen LogP contribution in [0.1, 0.15) is 0 Å². The van der Waals surface area contributed by atoms with Gasteiger partial charge < -0.3 is 11.0 Å². The molecule has 0 saturated carbocycles. The number of hydrogen-bond acceptors (Lipinski definition) is 0. The molecule has 0 unspecified atom stereocenters. The van der Waals surface area contributed by atoms with E-state index in [1.807, 2.05) is 0 Å². The molecule has 0 spiro atoms. The fourth-order valence-corrected chi connectivity index (χ4v) is 0. The largest absolute Gasteiger partial charge is 4.00 e. The summed E-state index contributed by atoms with van der Waals surface area (Å²) in [7, 11) is 0. The summed E-state index contributed by atoms with van der Waals surface area (Å²) in [5.74, 6) is 0. The standard InChI is InChI=1S/Ge.Hf.2O/q+4;;2*-2. The first-order valence-corrected chi connectivity index (χ1v) is 0. The van der Waals surface area contributed by atoms with Gasteiger partial charge in [-0.1, -0.05) is 0 Å². The third kappa shape index (κ3) is 10.2. The van der Waals surface area contributed by atoms with Crippen molar-refractivity contribution in [3.63, 3.8) is 0 Å². The maximum absolute atomic E-state index is 0. The predicted molar refractivity (Wildman–Crippen MR) is 7.13 cm³/mol. The fourth-order valence-electron chi connectivity index (χ4n) is 0. The normalized spacial score (nSPS) is 0. The fraction of sp³-hybridized carbons (Fsp3) is 0. The molecule has 0 atom stereocenters. The van der Waals surface area contributed by atoms with E-state index >= 15 is 0 Å². The monoisotopic (exact) mass is 286 g/mol. The summed E-state index contributed by atoms with van der Waals surface area (Å²) >= 11 is 0. The Hall–Kier alpha value is 1.33. The van der Waals surface area contributed by atoms with Crippen molar-refractivity contribution in [3.05, 3.63) is 0 Å². The Balaban J connectivity index is 0. The zero-order valence-electron chi connectivity index (χ0n) is 1.82. The third-order valence-electron chi connectivity index (χ3n) is 0. The maximum atomic E-state index is 0. The first-order valence-electron chi connectivity index (χ1n) is 0. The van der Waals surface area contributed by atoms with Crippen molar-refractivity contribution in [2.75, 3.05) is 0 Å². The molecule has 0 amide bonds. The van der Waals surface area contributed by atoms with E-state index in [1.54, 1.807) is 0 Å². The van der Waals surface area contributed by atoms with Crippen molar-refractivity contribution in [1.82, 2.24) is 0 Å². The van der Waals surface area contributed by atoms with Gasteiger partial charge in [0.25, 0.3) is 0 Å². The van der Waals surface area contributed by atoms with Crippen LogP contribution in [0.15, 0.2) is 0 Å². The van der Waals surface area contributed by atoms with E-state index in [2.05, 4.69) is 0 Å². The Bertz CT molecular complexity index is 6.00. The number of hydrogen-bond donors (Lipinski definition) is 0. The average Bonchev–Trinajstić information content (AvgIpc) is 0. The molecule has 4 heavy (non-hydrogen) atoms. The second-order valence-corrected chi connectivity index (χ2v) is 0. The van der Waals surface area contributed by atoms with Gasteiger partial charge in [0, 0.05) is 25.8 Å². The van der Waals surface area contributed by atoms with E-state index in [1.165, 1.54) is 0 Å². The van der Waals surface area contributed by atoms with Gasteiger partial charge in [-0.3, -0.25) is 0 Å². The van der Waals surface area contributed by atoms with Gasteiger partial charge in [-0.15, -0.1) is 0 Å². The van der Waals surface area contributed by atoms with Crippen LogP contribution in [0.25, 0.3) is 0 Å². The Morgan fingerprint density at radius 2 is 0.750 bits per heavy atom. The molecular weight excluding hydrogens is 283 g/mol. The molecule has 0 fully saturated rings. The molecule has 0 bridgehead atoms. The van der Waals surface area contributed by atoms with Gasteiger partial charge in [0.05, 0.1) is 0 Å². The summed E-state index contributed by atoms with van der Waals surface area (Å²) in [5, 5.41) is 0. The molecular formula is GeHfO2. The molecule has 0 rings (SSSR count). The van der Waals surface area contributed by atoms with E-state index in [-0.39, 0.29) is 54.4 Å². The van der Waals surface area contributed by atoms with E-state index in [0.29, 0.717) is 0 Å². The number of rotatable bonds is 0. The van der Waals surface area contributed by atoms with Gasteiger partial charge in [0.2, 0.25) is 0 Å². The summed E-state index contributed by atoms with van der Waals surface area (Å²) in [5.41, 5.74) is 0. The summed E-state index contributed by atoms with van der Waals surface area (Å²) < 4.78 is 0. The van der Waals surface area contributed by atoms with Crippen molar-refractivity contribution >= 4 is 17.6 Å². The van der Waals surface area contributed by atoms with Crippen molar-refractivity contribution in [2.45, 2.75) is 0 Å². The quantitative estimate of drug-likeness (QED) is 0.532. The van der Waals surface area contributed by atoms with E-state index in [4.69, 9.17) is 0 Å². The Labute approximate surface area is 54.3 Å². The van der Waals surface area contributed by atoms with Crippen LogP contribution < -0.4 is 0 Å². The van der Waals surface area contributed by atoms with Crippen LogP contribution in [0.4, 0.5) is 0 Å². The minimum atomic E-state index is 0. The molecule has 0 N–H and O–H groups in total. The zero-order chi connectivity index (χ0) is 0. The van der Waals surface area contributed by atoms with Crippen molar-refractivity contribution in [1.29, 1.82) is 0 Å². The SMILES string of the molecule is [Ge+4].[Hf].[O-2].[O-2]. The molecule has 0 aromatic heterocycles. The van der Waals surface area contributed by atoms with Gasteiger partial charge in [-0.2, -0.15) is 0 Å². The van der Waals surface area contributed by atoms with Crippen LogP contribution in [0.2, 0.25) is 0 Å². The van der Waals surface area contributed by atoms with E-state index in [9.17, 15) is 0 Å². The smallest absolute Gasteiger partial charge is 2.00 e. The average molecular weight is 283 g/mol. The van der Waals surface area contributed by atoms with Gasteiger partial charge in [0.15, 0.2) is 0 Å². The van der Waals surface area contributed by atoms with Crippen LogP contribution in [-0.2, 0) is 36.8 Å². The van der Waals surface area contributed by atoms with Gasteiger partial charge in [0.1, 0.15) is 0 Å². The van der Waals surface area contributed by atoms with Gasteiger partial charge in [-0.25, -0.2) is 0 Å². The van der Waals surface area contributed by atoms with Crippen LogP contribution in [0.5, 0.6) is 0 Å². The van der Waals surface area contributed by atoms with Crippen molar-refractivity contribution < 1.29 is 36.8 Å². The van der Waals surface area contributed by atoms with Crippen LogP contribution >= 0.6 is 0 Å². The Kier molecular flexibility index (Phi) is 382. The molecule has 0 aliphatic heterocycles. The van der Waals surface area contributed by atoms with E-state index in [0.717, 1.165) is 0 Å². The summed E-state index contributed by atoms with van der Waals surface area (Å²) in [6.07, 6.45) is 0. The second-order valence-electron chi connectivity index (χ2n) is 0. The molecule has 20 valence electrons. The molecule has 0 aromatic rings. The van der Waals surface area contributed by atoms with Gasteiger partial charge in [-0.05, 0) is 0 Å². The predicted octanol–water partition coefficient (Wildman–Crippen LogP) is -0.621. The summed E-state index contributed by atoms with van der Waals surface area (Å²) in [6, 6.07) is 0. The minimum Gasteiger partial charge on any atom is -2.00 e. The summed E-state index contributed by atoms with van der Waals surface area (Å²) in [6.45, 7) is 0. The molecule has 2 nitrogen and oxygen atoms in total. The van der Waals surface area contributed by atoms with Crippen LogP contribution in [-0.4, -0.2) is 17.6 Å². The molecule has 4 heteroatoms.